The third kappa shape index (κ3) is 10.1. The number of likely N-dealkylation sites (N-methyl/N-ethyl adjacent to an activating group) is 3. The van der Waals surface area contributed by atoms with E-state index in [1.807, 2.05) is 18.0 Å². The highest BCUT2D eigenvalue weighted by molar-refractivity contribution is 5.95. The third-order valence-electron chi connectivity index (χ3n) is 11.0. The van der Waals surface area contributed by atoms with E-state index in [0.717, 1.165) is 6.42 Å². The SMILES string of the molecule is COC(=O)[C@H]1O[C@@H](Oc2ccc(COC(=O)N(C)CCN(C)C(=O)n3ccc4c(N(C)[C@H]5CN(C(=O)CC#N)CC[C@H]5C)ncnc43)cc2[N+](=O)[O-])[C@H](OC)[C@@H](OC)[C@@H]1OC. The Balaban J connectivity index is 1.19. The van der Waals surface area contributed by atoms with Gasteiger partial charge in [-0.3, -0.25) is 19.5 Å². The van der Waals surface area contributed by atoms with Crippen molar-refractivity contribution in [2.24, 2.45) is 5.92 Å². The lowest BCUT2D eigenvalue weighted by Crippen LogP contribution is -2.63. The highest BCUT2D eigenvalue weighted by Crippen LogP contribution is 2.35. The van der Waals surface area contributed by atoms with Gasteiger partial charge in [0.2, 0.25) is 12.2 Å². The van der Waals surface area contributed by atoms with Gasteiger partial charge in [-0.25, -0.2) is 24.4 Å². The number of rotatable bonds is 15. The highest BCUT2D eigenvalue weighted by Gasteiger charge is 2.52. The van der Waals surface area contributed by atoms with Crippen LogP contribution in [0.3, 0.4) is 0 Å². The Labute approximate surface area is 351 Å². The van der Waals surface area contributed by atoms with E-state index in [1.165, 1.54) is 74.4 Å². The summed E-state index contributed by atoms with van der Waals surface area (Å²) in [6.07, 6.45) is -2.63. The summed E-state index contributed by atoms with van der Waals surface area (Å²) < 4.78 is 39.9. The molecule has 3 aromatic rings. The van der Waals surface area contributed by atoms with Gasteiger partial charge in [-0.2, -0.15) is 5.26 Å². The van der Waals surface area contributed by atoms with Crippen LogP contribution in [0.5, 0.6) is 5.75 Å². The smallest absolute Gasteiger partial charge is 0.409 e. The predicted octanol–water partition coefficient (Wildman–Crippen LogP) is 2.42. The minimum atomic E-state index is -1.35. The fourth-order valence-electron chi connectivity index (χ4n) is 7.42. The lowest BCUT2D eigenvalue weighted by Gasteiger charge is -2.43. The van der Waals surface area contributed by atoms with Crippen LogP contribution in [0, 0.1) is 27.4 Å². The van der Waals surface area contributed by atoms with Crippen molar-refractivity contribution >= 4 is 46.5 Å². The molecular formula is C39H51N9O13. The quantitative estimate of drug-likeness (QED) is 0.121. The Bertz CT molecular complexity index is 2110. The number of hydrogen-bond donors (Lipinski definition) is 0. The number of carbonyl (C=O) groups excluding carboxylic acids is 4. The van der Waals surface area contributed by atoms with Gasteiger partial charge in [0.25, 0.3) is 0 Å². The van der Waals surface area contributed by atoms with Crippen molar-refractivity contribution in [3.63, 3.8) is 0 Å². The molecule has 2 saturated heterocycles. The van der Waals surface area contributed by atoms with Crippen molar-refractivity contribution in [2.75, 3.05) is 80.7 Å². The molecule has 22 nitrogen and oxygen atoms in total. The summed E-state index contributed by atoms with van der Waals surface area (Å²) in [5.74, 6) is -0.384. The average Bonchev–Trinajstić information content (AvgIpc) is 3.70. The maximum Gasteiger partial charge on any atom is 0.409 e. The number of anilines is 1. The van der Waals surface area contributed by atoms with E-state index >= 15 is 0 Å². The number of carbonyl (C=O) groups is 4. The number of nitrogens with zero attached hydrogens (tertiary/aromatic N) is 9. The number of methoxy groups -OCH3 is 4. The molecule has 2 aromatic heterocycles. The van der Waals surface area contributed by atoms with Gasteiger partial charge in [0.05, 0.1) is 29.5 Å². The van der Waals surface area contributed by atoms with Gasteiger partial charge in [0.15, 0.2) is 17.5 Å². The first-order chi connectivity index (χ1) is 29.2. The third-order valence-corrected chi connectivity index (χ3v) is 11.0. The number of aromatic nitrogens is 3. The Morgan fingerprint density at radius 2 is 1.70 bits per heavy atom. The van der Waals surface area contributed by atoms with Gasteiger partial charge in [0, 0.05) is 80.9 Å². The molecule has 5 rings (SSSR count). The standard InChI is InChI=1S/C39H51N9O13/c1-23-12-15-46(29(49)11-14-40)20-27(23)45(4)34-25-13-16-47(35(25)42-22-41-34)38(51)43(2)17-18-44(3)39(52)59-21-24-9-10-28(26(19-24)48(53)54)60-37-33(57-7)31(56-6)30(55-5)32(61-37)36(50)58-8/h9-10,13,16,19,22-23,27,30-33,37H,11-12,15,17-18,20-21H2,1-8H3/t23-,27+,30+,31+,32+,33-,37-/m1/s1. The number of fused-ring (bicyclic) bond motifs is 1. The van der Waals surface area contributed by atoms with Crippen LogP contribution in [0.1, 0.15) is 25.3 Å². The van der Waals surface area contributed by atoms with E-state index in [1.54, 1.807) is 24.2 Å². The molecule has 22 heteroatoms. The number of amides is 3. The van der Waals surface area contributed by atoms with Gasteiger partial charge >= 0.3 is 23.8 Å². The first-order valence-electron chi connectivity index (χ1n) is 19.3. The molecule has 0 spiro atoms. The van der Waals surface area contributed by atoms with Gasteiger partial charge in [-0.1, -0.05) is 13.0 Å². The number of hydrogen-bond acceptors (Lipinski definition) is 17. The van der Waals surface area contributed by atoms with Crippen molar-refractivity contribution in [1.29, 1.82) is 5.26 Å². The lowest BCUT2D eigenvalue weighted by molar-refractivity contribution is -0.387. The number of nitro groups is 1. The van der Waals surface area contributed by atoms with Crippen LogP contribution in [0.4, 0.5) is 21.1 Å². The largest absolute Gasteiger partial charge is 0.467 e. The van der Waals surface area contributed by atoms with Crippen molar-refractivity contribution in [3.05, 3.63) is 52.5 Å². The van der Waals surface area contributed by atoms with Crippen LogP contribution in [-0.4, -0.2) is 171 Å². The molecule has 0 saturated carbocycles. The molecule has 0 N–H and O–H groups in total. The first-order valence-corrected chi connectivity index (χ1v) is 19.3. The van der Waals surface area contributed by atoms with Crippen molar-refractivity contribution in [1.82, 2.24) is 29.2 Å². The first kappa shape index (κ1) is 45.9. The molecule has 0 aliphatic carbocycles. The summed E-state index contributed by atoms with van der Waals surface area (Å²) in [6, 6.07) is 7.13. The number of esters is 1. The van der Waals surface area contributed by atoms with Gasteiger partial charge in [-0.15, -0.1) is 0 Å². The van der Waals surface area contributed by atoms with Gasteiger partial charge in [0.1, 0.15) is 43.5 Å². The van der Waals surface area contributed by atoms with Crippen LogP contribution in [0.25, 0.3) is 11.0 Å². The van der Waals surface area contributed by atoms with E-state index in [0.29, 0.717) is 29.9 Å². The molecule has 1 aromatic carbocycles. The molecule has 2 aliphatic heterocycles. The minimum Gasteiger partial charge on any atom is -0.467 e. The zero-order chi connectivity index (χ0) is 44.5. The molecular weight excluding hydrogens is 802 g/mol. The second-order valence-electron chi connectivity index (χ2n) is 14.6. The monoisotopic (exact) mass is 853 g/mol. The Hall–Kier alpha value is -6.15. The molecule has 4 heterocycles. The summed E-state index contributed by atoms with van der Waals surface area (Å²) in [4.78, 5) is 78.3. The van der Waals surface area contributed by atoms with Crippen molar-refractivity contribution < 1.29 is 57.3 Å². The molecule has 0 radical (unpaired) electrons. The fraction of sp³-hybridized carbons (Fsp3) is 0.564. The number of nitro benzene ring substituents is 1. The second-order valence-corrected chi connectivity index (χ2v) is 14.6. The Morgan fingerprint density at radius 1 is 1.00 bits per heavy atom. The maximum atomic E-state index is 13.6. The normalized spacial score (nSPS) is 22.5. The zero-order valence-electron chi connectivity index (χ0n) is 35.3. The zero-order valence-corrected chi connectivity index (χ0v) is 35.3. The fourth-order valence-corrected chi connectivity index (χ4v) is 7.42. The lowest BCUT2D eigenvalue weighted by atomic mass is 9.92. The van der Waals surface area contributed by atoms with Gasteiger partial charge in [-0.05, 0) is 30.0 Å². The average molecular weight is 854 g/mol. The number of likely N-dealkylation sites (tertiary alicyclic amines) is 1. The minimum absolute atomic E-state index is 0.0811. The van der Waals surface area contributed by atoms with Crippen LogP contribution >= 0.6 is 0 Å². The number of benzene rings is 1. The van der Waals surface area contributed by atoms with Crippen molar-refractivity contribution in [3.8, 4) is 11.8 Å². The summed E-state index contributed by atoms with van der Waals surface area (Å²) in [6.45, 7) is 2.98. The number of piperidine rings is 1. The highest BCUT2D eigenvalue weighted by atomic mass is 16.7. The summed E-state index contributed by atoms with van der Waals surface area (Å²) in [5.41, 5.74) is 0.178. The topological polar surface area (TPSA) is 243 Å². The molecule has 2 aliphatic rings. The number of nitriles is 1. The molecule has 3 amide bonds. The maximum absolute atomic E-state index is 13.6. The van der Waals surface area contributed by atoms with E-state index in [2.05, 4.69) is 16.9 Å². The van der Waals surface area contributed by atoms with Crippen LogP contribution in [-0.2, 0) is 44.6 Å². The van der Waals surface area contributed by atoms with Crippen LogP contribution < -0.4 is 9.64 Å². The summed E-state index contributed by atoms with van der Waals surface area (Å²) in [7, 11) is 10.2. The van der Waals surface area contributed by atoms with E-state index in [9.17, 15) is 29.3 Å². The van der Waals surface area contributed by atoms with Crippen LogP contribution in [0.15, 0.2) is 36.8 Å². The molecule has 2 fully saturated rings. The molecule has 330 valence electrons. The van der Waals surface area contributed by atoms with Crippen LogP contribution in [0.2, 0.25) is 0 Å². The number of ether oxygens (including phenoxy) is 7. The van der Waals surface area contributed by atoms with E-state index in [4.69, 9.17) is 38.4 Å². The molecule has 7 atom stereocenters. The summed E-state index contributed by atoms with van der Waals surface area (Å²) >= 11 is 0. The molecule has 61 heavy (non-hydrogen) atoms. The predicted molar refractivity (Wildman–Crippen MR) is 213 cm³/mol. The van der Waals surface area contributed by atoms with E-state index < -0.39 is 59.4 Å². The second kappa shape index (κ2) is 20.4. The Morgan fingerprint density at radius 3 is 2.36 bits per heavy atom. The Kier molecular flexibility index (Phi) is 15.4. The molecule has 0 unspecified atom stereocenters. The van der Waals surface area contributed by atoms with Gasteiger partial charge < -0.3 is 52.8 Å². The molecule has 0 bridgehead atoms. The summed E-state index contributed by atoms with van der Waals surface area (Å²) in [5, 5.41) is 21.8. The van der Waals surface area contributed by atoms with E-state index in [-0.39, 0.29) is 55.3 Å². The van der Waals surface area contributed by atoms with Crippen molar-refractivity contribution in [2.45, 2.75) is 63.1 Å².